The van der Waals surface area contributed by atoms with Crippen LogP contribution >= 0.6 is 34.2 Å². The molecule has 5 nitrogen and oxygen atoms in total. The number of hydrogen-bond donors (Lipinski definition) is 0. The molecule has 0 fully saturated rings. The van der Waals surface area contributed by atoms with Gasteiger partial charge in [-0.25, -0.2) is 4.79 Å². The van der Waals surface area contributed by atoms with Crippen LogP contribution in [0.3, 0.4) is 0 Å². The van der Waals surface area contributed by atoms with Gasteiger partial charge in [-0.15, -0.1) is 0 Å². The van der Waals surface area contributed by atoms with Crippen LogP contribution in [0.25, 0.3) is 10.9 Å². The second-order valence-electron chi connectivity index (χ2n) is 5.24. The second kappa shape index (κ2) is 9.05. The number of carbonyl (C=O) groups is 1. The number of aromatic nitrogens is 1. The van der Waals surface area contributed by atoms with E-state index in [0.717, 1.165) is 14.7 Å². The summed E-state index contributed by atoms with van der Waals surface area (Å²) in [5.74, 6) is 0.771. The van der Waals surface area contributed by atoms with E-state index in [-0.39, 0.29) is 19.8 Å². The van der Waals surface area contributed by atoms with Gasteiger partial charge in [-0.2, -0.15) is 0 Å². The third-order valence-electron chi connectivity index (χ3n) is 3.44. The molecule has 3 aromatic rings. The number of halogens is 2. The summed E-state index contributed by atoms with van der Waals surface area (Å²) in [7, 11) is 0. The summed E-state index contributed by atoms with van der Waals surface area (Å²) < 4.78 is 17.0. The maximum atomic E-state index is 11.9. The van der Waals surface area contributed by atoms with Crippen molar-refractivity contribution < 1.29 is 19.0 Å². The fourth-order valence-electron chi connectivity index (χ4n) is 2.29. The topological polar surface area (TPSA) is 57.7 Å². The van der Waals surface area contributed by atoms with E-state index in [1.807, 2.05) is 36.4 Å². The van der Waals surface area contributed by atoms with E-state index < -0.39 is 5.97 Å². The van der Waals surface area contributed by atoms with Crippen LogP contribution in [-0.4, -0.2) is 30.8 Å². The molecule has 0 bridgehead atoms. The van der Waals surface area contributed by atoms with Crippen LogP contribution in [0.2, 0.25) is 5.02 Å². The molecule has 26 heavy (non-hydrogen) atoms. The fraction of sp³-hybridized carbons (Fsp3) is 0.158. The molecule has 1 aromatic heterocycles. The van der Waals surface area contributed by atoms with E-state index >= 15 is 0 Å². The number of hydrogen-bond acceptors (Lipinski definition) is 5. The summed E-state index contributed by atoms with van der Waals surface area (Å²) in [5, 5.41) is 1.36. The molecule has 2 aromatic carbocycles. The third kappa shape index (κ3) is 4.76. The SMILES string of the molecule is O=C(COc1c(I)cc(Cl)c2cccnc12)OCCOc1ccccc1. The van der Waals surface area contributed by atoms with E-state index in [4.69, 9.17) is 25.8 Å². The van der Waals surface area contributed by atoms with Gasteiger partial charge in [0.15, 0.2) is 12.4 Å². The van der Waals surface area contributed by atoms with Crippen LogP contribution < -0.4 is 9.47 Å². The molecular weight excluding hydrogens is 469 g/mol. The van der Waals surface area contributed by atoms with Gasteiger partial charge in [0.25, 0.3) is 0 Å². The molecule has 0 saturated heterocycles. The zero-order valence-electron chi connectivity index (χ0n) is 13.7. The lowest BCUT2D eigenvalue weighted by Crippen LogP contribution is -2.18. The predicted molar refractivity (Wildman–Crippen MR) is 108 cm³/mol. The van der Waals surface area contributed by atoms with E-state index in [9.17, 15) is 4.79 Å². The van der Waals surface area contributed by atoms with E-state index in [1.54, 1.807) is 18.3 Å². The van der Waals surface area contributed by atoms with Gasteiger partial charge in [0, 0.05) is 11.6 Å². The van der Waals surface area contributed by atoms with Crippen LogP contribution in [0.15, 0.2) is 54.7 Å². The molecule has 0 amide bonds. The predicted octanol–water partition coefficient (Wildman–Crippen LogP) is 4.49. The van der Waals surface area contributed by atoms with Crippen molar-refractivity contribution in [2.24, 2.45) is 0 Å². The zero-order valence-corrected chi connectivity index (χ0v) is 16.6. The Labute approximate surface area is 169 Å². The lowest BCUT2D eigenvalue weighted by Gasteiger charge is -2.12. The largest absolute Gasteiger partial charge is 0.490 e. The van der Waals surface area contributed by atoms with Crippen LogP contribution in [0, 0.1) is 3.57 Å². The second-order valence-corrected chi connectivity index (χ2v) is 6.81. The molecule has 0 radical (unpaired) electrons. The van der Waals surface area contributed by atoms with Gasteiger partial charge in [-0.1, -0.05) is 29.8 Å². The Morgan fingerprint density at radius 3 is 2.69 bits per heavy atom. The standard InChI is InChI=1S/C19H15ClINO4/c20-15-11-16(21)19(18-14(15)7-4-8-22-18)26-12-17(23)25-10-9-24-13-5-2-1-3-6-13/h1-8,11H,9-10,12H2. The first kappa shape index (κ1) is 18.7. The van der Waals surface area contributed by atoms with Gasteiger partial charge in [-0.05, 0) is 52.9 Å². The Kier molecular flexibility index (Phi) is 6.51. The van der Waals surface area contributed by atoms with Gasteiger partial charge < -0.3 is 14.2 Å². The van der Waals surface area contributed by atoms with Gasteiger partial charge in [-0.3, -0.25) is 4.98 Å². The van der Waals surface area contributed by atoms with Crippen LogP contribution in [0.1, 0.15) is 0 Å². The molecule has 134 valence electrons. The smallest absolute Gasteiger partial charge is 0.344 e. The molecule has 0 unspecified atom stereocenters. The quantitative estimate of drug-likeness (QED) is 0.281. The van der Waals surface area contributed by atoms with Crippen molar-refractivity contribution in [3.8, 4) is 11.5 Å². The minimum atomic E-state index is -0.475. The highest BCUT2D eigenvalue weighted by Gasteiger charge is 2.14. The Balaban J connectivity index is 1.53. The van der Waals surface area contributed by atoms with Crippen molar-refractivity contribution in [1.29, 1.82) is 0 Å². The first-order chi connectivity index (χ1) is 12.6. The van der Waals surface area contributed by atoms with Gasteiger partial charge in [0.05, 0.1) is 8.59 Å². The van der Waals surface area contributed by atoms with Crippen molar-refractivity contribution in [2.45, 2.75) is 0 Å². The fourth-order valence-corrected chi connectivity index (χ4v) is 3.46. The summed E-state index contributed by atoms with van der Waals surface area (Å²) in [6.45, 7) is 0.209. The number of carbonyl (C=O) groups excluding carboxylic acids is 1. The number of benzene rings is 2. The highest BCUT2D eigenvalue weighted by molar-refractivity contribution is 14.1. The average molecular weight is 484 g/mol. The molecule has 7 heteroatoms. The zero-order chi connectivity index (χ0) is 18.4. The maximum Gasteiger partial charge on any atom is 0.344 e. The molecule has 0 aliphatic rings. The molecular formula is C19H15ClINO4. The molecule has 0 N–H and O–H groups in total. The molecule has 1 heterocycles. The third-order valence-corrected chi connectivity index (χ3v) is 4.56. The minimum Gasteiger partial charge on any atom is -0.490 e. The average Bonchev–Trinajstić information content (AvgIpc) is 2.66. The number of pyridine rings is 1. The Bertz CT molecular complexity index is 905. The Morgan fingerprint density at radius 2 is 1.88 bits per heavy atom. The summed E-state index contributed by atoms with van der Waals surface area (Å²) in [6.07, 6.45) is 1.65. The number of rotatable bonds is 7. The van der Waals surface area contributed by atoms with E-state index in [0.29, 0.717) is 16.3 Å². The van der Waals surface area contributed by atoms with Crippen LogP contribution in [0.5, 0.6) is 11.5 Å². The van der Waals surface area contributed by atoms with E-state index in [2.05, 4.69) is 27.6 Å². The van der Waals surface area contributed by atoms with Crippen molar-refractivity contribution in [2.75, 3.05) is 19.8 Å². The summed E-state index contributed by atoms with van der Waals surface area (Å²) in [5.41, 5.74) is 0.615. The molecule has 0 atom stereocenters. The maximum absolute atomic E-state index is 11.9. The highest BCUT2D eigenvalue weighted by Crippen LogP contribution is 2.34. The van der Waals surface area contributed by atoms with Crippen LogP contribution in [0.4, 0.5) is 0 Å². The Hall–Kier alpha value is -2.06. The molecule has 3 rings (SSSR count). The molecule has 0 saturated carbocycles. The van der Waals surface area contributed by atoms with Gasteiger partial charge in [0.2, 0.25) is 0 Å². The number of ether oxygens (including phenoxy) is 3. The van der Waals surface area contributed by atoms with Crippen molar-refractivity contribution >= 4 is 51.1 Å². The monoisotopic (exact) mass is 483 g/mol. The molecule has 0 aliphatic carbocycles. The van der Waals surface area contributed by atoms with Gasteiger partial charge >= 0.3 is 5.97 Å². The number of nitrogens with zero attached hydrogens (tertiary/aromatic N) is 1. The highest BCUT2D eigenvalue weighted by atomic mass is 127. The summed E-state index contributed by atoms with van der Waals surface area (Å²) in [4.78, 5) is 16.2. The van der Waals surface area contributed by atoms with Crippen molar-refractivity contribution in [3.05, 3.63) is 63.3 Å². The number of fused-ring (bicyclic) bond motifs is 1. The van der Waals surface area contributed by atoms with Crippen molar-refractivity contribution in [3.63, 3.8) is 0 Å². The van der Waals surface area contributed by atoms with Crippen LogP contribution in [-0.2, 0) is 9.53 Å². The number of esters is 1. The minimum absolute atomic E-state index is 0.147. The van der Waals surface area contributed by atoms with Crippen molar-refractivity contribution in [1.82, 2.24) is 4.98 Å². The summed E-state index contributed by atoms with van der Waals surface area (Å²) >= 11 is 8.33. The first-order valence-corrected chi connectivity index (χ1v) is 9.30. The number of para-hydroxylation sites is 1. The molecule has 0 aliphatic heterocycles. The first-order valence-electron chi connectivity index (χ1n) is 7.84. The molecule has 0 spiro atoms. The lowest BCUT2D eigenvalue weighted by molar-refractivity contribution is -0.146. The van der Waals surface area contributed by atoms with E-state index in [1.165, 1.54) is 0 Å². The normalized spacial score (nSPS) is 10.5. The summed E-state index contributed by atoms with van der Waals surface area (Å²) in [6, 6.07) is 14.8. The van der Waals surface area contributed by atoms with Gasteiger partial charge in [0.1, 0.15) is 24.5 Å². The lowest BCUT2D eigenvalue weighted by atomic mass is 10.2. The Morgan fingerprint density at radius 1 is 1.08 bits per heavy atom.